The topological polar surface area (TPSA) is 16.4 Å². The van der Waals surface area contributed by atoms with E-state index in [0.717, 1.165) is 44.1 Å². The van der Waals surface area contributed by atoms with Crippen LogP contribution in [0.2, 0.25) is 0 Å². The third-order valence-electron chi connectivity index (χ3n) is 11.3. The Morgan fingerprint density at radius 3 is 1.92 bits per heavy atom. The van der Waals surface area contributed by atoms with Crippen molar-refractivity contribution in [3.63, 3.8) is 0 Å². The lowest BCUT2D eigenvalue weighted by molar-refractivity contribution is 0.628. The van der Waals surface area contributed by atoms with Crippen LogP contribution < -0.4 is 4.90 Å². The van der Waals surface area contributed by atoms with Crippen LogP contribution in [-0.4, -0.2) is 0 Å². The second-order valence-electron chi connectivity index (χ2n) is 14.6. The number of hydrogen-bond donors (Lipinski definition) is 0. The number of halogens is 1. The van der Waals surface area contributed by atoms with Crippen molar-refractivity contribution in [3.8, 4) is 22.3 Å². The van der Waals surface area contributed by atoms with Gasteiger partial charge in [-0.25, -0.2) is 4.39 Å². The highest BCUT2D eigenvalue weighted by atomic mass is 19.1. The Bertz CT molecular complexity index is 2690. The van der Waals surface area contributed by atoms with Gasteiger partial charge in [-0.2, -0.15) is 0 Å². The molecule has 10 rings (SSSR count). The summed E-state index contributed by atoms with van der Waals surface area (Å²) in [7, 11) is 0. The number of fused-ring (bicyclic) bond motifs is 11. The quantitative estimate of drug-likeness (QED) is 0.192. The molecule has 0 saturated heterocycles. The molecule has 0 bridgehead atoms. The minimum absolute atomic E-state index is 0.101. The minimum Gasteiger partial charge on any atom is -0.454 e. The van der Waals surface area contributed by atoms with Crippen LogP contribution in [0.4, 0.5) is 21.5 Å². The van der Waals surface area contributed by atoms with E-state index in [1.807, 2.05) is 42.5 Å². The van der Waals surface area contributed by atoms with E-state index in [1.165, 1.54) is 50.6 Å². The maximum Gasteiger partial charge on any atom is 0.159 e. The summed E-state index contributed by atoms with van der Waals surface area (Å²) in [6.45, 7) is 9.36. The van der Waals surface area contributed by atoms with Gasteiger partial charge in [-0.05, 0) is 92.4 Å². The highest BCUT2D eigenvalue weighted by molar-refractivity contribution is 6.14. The fourth-order valence-electron chi connectivity index (χ4n) is 8.87. The van der Waals surface area contributed by atoms with Crippen LogP contribution in [0.15, 0.2) is 138 Å². The standard InChI is InChI=1S/C46H34FNO/c1-45(2)34-19-9-7-14-27(34)32-24-36-33(25-35(32)45)43-30-17-6-5-15-28(30)41(26-37(43)46(36,3)4)48(39-21-11-10-20-38(39)47)40-22-13-18-31-29-16-8-12-23-42(29)49-44(31)40/h5-26H,1-4H3. The first kappa shape index (κ1) is 28.4. The lowest BCUT2D eigenvalue weighted by Crippen LogP contribution is -2.18. The Balaban J connectivity index is 1.28. The molecule has 2 aliphatic rings. The van der Waals surface area contributed by atoms with Gasteiger partial charge < -0.3 is 9.32 Å². The fraction of sp³-hybridized carbons (Fsp3) is 0.130. The normalized spacial score (nSPS) is 15.0. The van der Waals surface area contributed by atoms with Crippen LogP contribution in [0.3, 0.4) is 0 Å². The second-order valence-corrected chi connectivity index (χ2v) is 14.6. The number of furan rings is 1. The van der Waals surface area contributed by atoms with E-state index in [9.17, 15) is 0 Å². The molecule has 7 aromatic carbocycles. The molecular formula is C46H34FNO. The van der Waals surface area contributed by atoms with Crippen molar-refractivity contribution in [2.24, 2.45) is 0 Å². The Morgan fingerprint density at radius 2 is 1.08 bits per heavy atom. The van der Waals surface area contributed by atoms with Gasteiger partial charge in [-0.1, -0.05) is 119 Å². The predicted octanol–water partition coefficient (Wildman–Crippen LogP) is 13.0. The van der Waals surface area contributed by atoms with Crippen LogP contribution in [0.1, 0.15) is 49.9 Å². The van der Waals surface area contributed by atoms with E-state index in [-0.39, 0.29) is 16.6 Å². The summed E-state index contributed by atoms with van der Waals surface area (Å²) in [6.07, 6.45) is 0. The third kappa shape index (κ3) is 3.70. The third-order valence-corrected chi connectivity index (χ3v) is 11.3. The van der Waals surface area contributed by atoms with Crippen LogP contribution in [0.5, 0.6) is 0 Å². The fourth-order valence-corrected chi connectivity index (χ4v) is 8.87. The molecule has 0 N–H and O–H groups in total. The van der Waals surface area contributed by atoms with Gasteiger partial charge in [0.2, 0.25) is 0 Å². The van der Waals surface area contributed by atoms with Gasteiger partial charge in [-0.3, -0.25) is 0 Å². The monoisotopic (exact) mass is 635 g/mol. The first-order chi connectivity index (χ1) is 23.7. The average Bonchev–Trinajstić information content (AvgIpc) is 3.69. The van der Waals surface area contributed by atoms with Gasteiger partial charge in [0.1, 0.15) is 11.4 Å². The molecule has 1 aromatic heterocycles. The van der Waals surface area contributed by atoms with E-state index in [0.29, 0.717) is 5.69 Å². The first-order valence-electron chi connectivity index (χ1n) is 17.1. The molecule has 0 amide bonds. The Hall–Kier alpha value is -5.67. The molecule has 49 heavy (non-hydrogen) atoms. The van der Waals surface area contributed by atoms with Crippen molar-refractivity contribution >= 4 is 49.8 Å². The van der Waals surface area contributed by atoms with E-state index < -0.39 is 0 Å². The Morgan fingerprint density at radius 1 is 0.469 bits per heavy atom. The molecule has 0 fully saturated rings. The van der Waals surface area contributed by atoms with Gasteiger partial charge >= 0.3 is 0 Å². The molecular weight excluding hydrogens is 602 g/mol. The highest BCUT2D eigenvalue weighted by Gasteiger charge is 2.43. The molecule has 8 aromatic rings. The molecule has 2 nitrogen and oxygen atoms in total. The smallest absolute Gasteiger partial charge is 0.159 e. The van der Waals surface area contributed by atoms with E-state index in [4.69, 9.17) is 4.42 Å². The molecule has 236 valence electrons. The van der Waals surface area contributed by atoms with Crippen molar-refractivity contribution in [2.75, 3.05) is 4.90 Å². The molecule has 0 unspecified atom stereocenters. The average molecular weight is 636 g/mol. The lowest BCUT2D eigenvalue weighted by Gasteiger charge is -2.30. The summed E-state index contributed by atoms with van der Waals surface area (Å²) < 4.78 is 22.7. The molecule has 1 heterocycles. The van der Waals surface area contributed by atoms with Crippen molar-refractivity contribution in [2.45, 2.75) is 38.5 Å². The van der Waals surface area contributed by atoms with Gasteiger partial charge in [0, 0.05) is 27.0 Å². The van der Waals surface area contributed by atoms with E-state index in [1.54, 1.807) is 6.07 Å². The van der Waals surface area contributed by atoms with Crippen LogP contribution >= 0.6 is 0 Å². The summed E-state index contributed by atoms with van der Waals surface area (Å²) in [4.78, 5) is 2.07. The summed E-state index contributed by atoms with van der Waals surface area (Å²) in [5, 5.41) is 4.27. The largest absolute Gasteiger partial charge is 0.454 e. The van der Waals surface area contributed by atoms with Crippen molar-refractivity contribution in [3.05, 3.63) is 162 Å². The van der Waals surface area contributed by atoms with Crippen molar-refractivity contribution in [1.29, 1.82) is 0 Å². The number of rotatable bonds is 3. The number of nitrogens with zero attached hydrogens (tertiary/aromatic N) is 1. The van der Waals surface area contributed by atoms with Gasteiger partial charge in [-0.15, -0.1) is 0 Å². The highest BCUT2D eigenvalue weighted by Crippen LogP contribution is 2.59. The van der Waals surface area contributed by atoms with Gasteiger partial charge in [0.05, 0.1) is 17.1 Å². The van der Waals surface area contributed by atoms with Crippen molar-refractivity contribution < 1.29 is 8.81 Å². The SMILES string of the molecule is CC1(C)c2ccccc2-c2cc3c(cc21)-c1c(cc(N(c2ccccc2F)c2cccc4c2oc2ccccc24)c2ccccc12)C3(C)C. The second kappa shape index (κ2) is 9.70. The Kier molecular flexibility index (Phi) is 5.61. The zero-order valence-electron chi connectivity index (χ0n) is 27.9. The molecule has 3 heteroatoms. The number of para-hydroxylation sites is 3. The molecule has 0 spiro atoms. The molecule has 2 aliphatic carbocycles. The van der Waals surface area contributed by atoms with Crippen molar-refractivity contribution in [1.82, 2.24) is 0 Å². The molecule has 0 saturated carbocycles. The maximum absolute atomic E-state index is 16.1. The maximum atomic E-state index is 16.1. The molecule has 0 radical (unpaired) electrons. The zero-order valence-corrected chi connectivity index (χ0v) is 27.9. The number of benzene rings is 7. The van der Waals surface area contributed by atoms with Crippen LogP contribution in [-0.2, 0) is 10.8 Å². The first-order valence-corrected chi connectivity index (χ1v) is 17.1. The van der Waals surface area contributed by atoms with E-state index >= 15 is 4.39 Å². The summed E-state index contributed by atoms with van der Waals surface area (Å²) >= 11 is 0. The molecule has 0 aliphatic heterocycles. The van der Waals surface area contributed by atoms with Crippen LogP contribution in [0, 0.1) is 5.82 Å². The molecule has 0 atom stereocenters. The van der Waals surface area contributed by atoms with Gasteiger partial charge in [0.25, 0.3) is 0 Å². The van der Waals surface area contributed by atoms with Crippen LogP contribution in [0.25, 0.3) is 55.0 Å². The summed E-state index contributed by atoms with van der Waals surface area (Å²) in [5.74, 6) is -0.292. The lowest BCUT2D eigenvalue weighted by atomic mass is 9.79. The zero-order chi connectivity index (χ0) is 33.2. The minimum atomic E-state index is -0.299. The Labute approximate surface area is 285 Å². The van der Waals surface area contributed by atoms with E-state index in [2.05, 4.69) is 111 Å². The summed E-state index contributed by atoms with van der Waals surface area (Å²) in [6, 6.07) is 46.0. The predicted molar refractivity (Wildman–Crippen MR) is 201 cm³/mol. The number of hydrogen-bond acceptors (Lipinski definition) is 2. The number of anilines is 3. The summed E-state index contributed by atoms with van der Waals surface area (Å²) in [5.41, 5.74) is 13.9. The van der Waals surface area contributed by atoms with Gasteiger partial charge in [0.15, 0.2) is 5.58 Å².